The summed E-state index contributed by atoms with van der Waals surface area (Å²) in [5, 5.41) is 0.814. The molecule has 158 valence electrons. The number of carbonyl (C=O) groups excluding carboxylic acids is 2. The molecule has 2 aromatic carbocycles. The minimum Gasteiger partial charge on any atom is -0.493 e. The monoisotopic (exact) mass is 449 g/mol. The minimum absolute atomic E-state index is 0.00475. The van der Waals surface area contributed by atoms with Gasteiger partial charge in [-0.15, -0.1) is 0 Å². The molecule has 1 saturated heterocycles. The number of ketones is 1. The number of nitrogens with zero attached hydrogens (tertiary/aromatic N) is 1. The van der Waals surface area contributed by atoms with Crippen molar-refractivity contribution in [2.24, 2.45) is 0 Å². The van der Waals surface area contributed by atoms with Crippen molar-refractivity contribution in [1.29, 1.82) is 0 Å². The summed E-state index contributed by atoms with van der Waals surface area (Å²) in [6, 6.07) is 8.23. The predicted molar refractivity (Wildman–Crippen MR) is 113 cm³/mol. The van der Waals surface area contributed by atoms with Gasteiger partial charge in [-0.3, -0.25) is 9.59 Å². The maximum atomic E-state index is 12.9. The fourth-order valence-electron chi connectivity index (χ4n) is 4.09. The van der Waals surface area contributed by atoms with Crippen molar-refractivity contribution in [1.82, 2.24) is 4.90 Å². The third-order valence-corrected chi connectivity index (χ3v) is 6.29. The second-order valence-corrected chi connectivity index (χ2v) is 8.32. The van der Waals surface area contributed by atoms with E-state index >= 15 is 0 Å². The van der Waals surface area contributed by atoms with Gasteiger partial charge in [-0.25, -0.2) is 0 Å². The SMILES string of the molecule is COc1ccc2c(c1OC)OC1(CCN(C(=O)c3cc(Cl)ccc3Cl)CC1)CC2=O. The van der Waals surface area contributed by atoms with Crippen molar-refractivity contribution < 1.29 is 23.8 Å². The Kier molecular flexibility index (Phi) is 5.55. The highest BCUT2D eigenvalue weighted by atomic mass is 35.5. The van der Waals surface area contributed by atoms with Crippen LogP contribution in [0.4, 0.5) is 0 Å². The van der Waals surface area contributed by atoms with E-state index in [0.29, 0.717) is 64.4 Å². The highest BCUT2D eigenvalue weighted by Crippen LogP contribution is 2.48. The fraction of sp³-hybridized carbons (Fsp3) is 0.364. The van der Waals surface area contributed by atoms with Gasteiger partial charge in [0, 0.05) is 31.0 Å². The minimum atomic E-state index is -0.682. The molecule has 4 rings (SSSR count). The van der Waals surface area contributed by atoms with E-state index in [-0.39, 0.29) is 18.1 Å². The van der Waals surface area contributed by atoms with Gasteiger partial charge in [0.1, 0.15) is 5.60 Å². The summed E-state index contributed by atoms with van der Waals surface area (Å²) < 4.78 is 17.2. The lowest BCUT2D eigenvalue weighted by Gasteiger charge is -2.44. The molecule has 0 bridgehead atoms. The summed E-state index contributed by atoms with van der Waals surface area (Å²) in [5.74, 6) is 1.13. The second-order valence-electron chi connectivity index (χ2n) is 7.48. The largest absolute Gasteiger partial charge is 0.493 e. The standard InChI is InChI=1S/C22H21Cl2NO5/c1-28-18-6-4-14-17(26)12-22(30-19(14)20(18)29-2)7-9-25(10-8-22)21(27)15-11-13(23)3-5-16(15)24/h3-6,11H,7-10,12H2,1-2H3. The number of fused-ring (bicyclic) bond motifs is 1. The Hall–Kier alpha value is -2.44. The summed E-state index contributed by atoms with van der Waals surface area (Å²) in [6.45, 7) is 0.882. The van der Waals surface area contributed by atoms with Crippen LogP contribution in [0.3, 0.4) is 0 Å². The van der Waals surface area contributed by atoms with Gasteiger partial charge < -0.3 is 19.1 Å². The number of likely N-dealkylation sites (tertiary alicyclic amines) is 1. The number of piperidine rings is 1. The van der Waals surface area contributed by atoms with Crippen molar-refractivity contribution in [3.63, 3.8) is 0 Å². The van der Waals surface area contributed by atoms with E-state index in [9.17, 15) is 9.59 Å². The molecule has 0 aliphatic carbocycles. The van der Waals surface area contributed by atoms with Crippen molar-refractivity contribution in [3.8, 4) is 17.2 Å². The number of methoxy groups -OCH3 is 2. The molecule has 2 aromatic rings. The van der Waals surface area contributed by atoms with Gasteiger partial charge in [0.2, 0.25) is 5.75 Å². The van der Waals surface area contributed by atoms with E-state index in [0.717, 1.165) is 0 Å². The lowest BCUT2D eigenvalue weighted by molar-refractivity contribution is -0.00745. The first-order valence-electron chi connectivity index (χ1n) is 9.59. The van der Waals surface area contributed by atoms with Crippen LogP contribution in [0.25, 0.3) is 0 Å². The molecule has 1 amide bonds. The number of benzene rings is 2. The average molecular weight is 450 g/mol. The molecule has 0 aromatic heterocycles. The molecular formula is C22H21Cl2NO5. The Bertz CT molecular complexity index is 1010. The first-order valence-corrected chi connectivity index (χ1v) is 10.3. The van der Waals surface area contributed by atoms with Crippen LogP contribution in [0.15, 0.2) is 30.3 Å². The number of hydrogen-bond acceptors (Lipinski definition) is 5. The van der Waals surface area contributed by atoms with Crippen LogP contribution in [0, 0.1) is 0 Å². The molecule has 2 aliphatic heterocycles. The quantitative estimate of drug-likeness (QED) is 0.681. The molecule has 0 radical (unpaired) electrons. The van der Waals surface area contributed by atoms with Crippen LogP contribution in [0.2, 0.25) is 10.0 Å². The average Bonchev–Trinajstić information content (AvgIpc) is 2.74. The smallest absolute Gasteiger partial charge is 0.255 e. The van der Waals surface area contributed by atoms with Gasteiger partial charge >= 0.3 is 0 Å². The number of Topliss-reactive ketones (excluding diaryl/α,β-unsaturated/α-hetero) is 1. The number of halogens is 2. The lowest BCUT2D eigenvalue weighted by Crippen LogP contribution is -2.52. The zero-order chi connectivity index (χ0) is 21.5. The predicted octanol–water partition coefficient (Wildman–Crippen LogP) is 4.65. The van der Waals surface area contributed by atoms with Crippen LogP contribution in [-0.2, 0) is 0 Å². The number of carbonyl (C=O) groups is 2. The van der Waals surface area contributed by atoms with Crippen molar-refractivity contribution >= 4 is 34.9 Å². The lowest BCUT2D eigenvalue weighted by atomic mass is 9.82. The van der Waals surface area contributed by atoms with Crippen LogP contribution in [0.5, 0.6) is 17.2 Å². The number of hydrogen-bond donors (Lipinski definition) is 0. The molecule has 30 heavy (non-hydrogen) atoms. The highest BCUT2D eigenvalue weighted by Gasteiger charge is 2.45. The number of rotatable bonds is 3. The van der Waals surface area contributed by atoms with Crippen LogP contribution < -0.4 is 14.2 Å². The molecule has 0 saturated carbocycles. The van der Waals surface area contributed by atoms with Gasteiger partial charge in [0.25, 0.3) is 5.91 Å². The zero-order valence-electron chi connectivity index (χ0n) is 16.7. The van der Waals surface area contributed by atoms with Crippen LogP contribution >= 0.6 is 23.2 Å². The Morgan fingerprint density at radius 2 is 1.83 bits per heavy atom. The molecule has 0 N–H and O–H groups in total. The second kappa shape index (κ2) is 8.00. The van der Waals surface area contributed by atoms with Crippen LogP contribution in [-0.4, -0.2) is 49.5 Å². The molecular weight excluding hydrogens is 429 g/mol. The summed E-state index contributed by atoms with van der Waals surface area (Å²) in [4.78, 5) is 27.5. The third-order valence-electron chi connectivity index (χ3n) is 5.72. The normalized spacial score (nSPS) is 17.3. The molecule has 1 fully saturated rings. The summed E-state index contributed by atoms with van der Waals surface area (Å²) in [6.07, 6.45) is 1.29. The van der Waals surface area contributed by atoms with E-state index in [1.54, 1.807) is 35.2 Å². The number of ether oxygens (including phenoxy) is 3. The van der Waals surface area contributed by atoms with E-state index < -0.39 is 5.60 Å². The van der Waals surface area contributed by atoms with E-state index in [2.05, 4.69) is 0 Å². The van der Waals surface area contributed by atoms with Gasteiger partial charge in [0.05, 0.1) is 36.8 Å². The number of amides is 1. The third kappa shape index (κ3) is 3.59. The Morgan fingerprint density at radius 3 is 2.50 bits per heavy atom. The Labute approximate surface area is 184 Å². The maximum Gasteiger partial charge on any atom is 0.255 e. The van der Waals surface area contributed by atoms with E-state index in [4.69, 9.17) is 37.4 Å². The van der Waals surface area contributed by atoms with E-state index in [1.807, 2.05) is 0 Å². The topological polar surface area (TPSA) is 65.1 Å². The Morgan fingerprint density at radius 1 is 1.10 bits per heavy atom. The highest BCUT2D eigenvalue weighted by molar-refractivity contribution is 6.35. The molecule has 2 heterocycles. The summed E-state index contributed by atoms with van der Waals surface area (Å²) in [5.41, 5.74) is 0.179. The maximum absolute atomic E-state index is 12.9. The summed E-state index contributed by atoms with van der Waals surface area (Å²) >= 11 is 12.2. The van der Waals surface area contributed by atoms with Crippen LogP contribution in [0.1, 0.15) is 40.0 Å². The van der Waals surface area contributed by atoms with Gasteiger partial charge in [0.15, 0.2) is 17.3 Å². The molecule has 0 atom stereocenters. The van der Waals surface area contributed by atoms with Gasteiger partial charge in [-0.1, -0.05) is 23.2 Å². The van der Waals surface area contributed by atoms with E-state index in [1.165, 1.54) is 14.2 Å². The molecule has 8 heteroatoms. The fourth-order valence-corrected chi connectivity index (χ4v) is 4.46. The Balaban J connectivity index is 1.56. The molecule has 2 aliphatic rings. The van der Waals surface area contributed by atoms with Crippen molar-refractivity contribution in [3.05, 3.63) is 51.5 Å². The molecule has 6 nitrogen and oxygen atoms in total. The van der Waals surface area contributed by atoms with Crippen molar-refractivity contribution in [2.75, 3.05) is 27.3 Å². The molecule has 1 spiro atoms. The van der Waals surface area contributed by atoms with Gasteiger partial charge in [-0.05, 0) is 30.3 Å². The zero-order valence-corrected chi connectivity index (χ0v) is 18.2. The summed E-state index contributed by atoms with van der Waals surface area (Å²) in [7, 11) is 3.05. The van der Waals surface area contributed by atoms with Crippen molar-refractivity contribution in [2.45, 2.75) is 24.9 Å². The molecule has 0 unspecified atom stereocenters. The first-order chi connectivity index (χ1) is 14.4. The van der Waals surface area contributed by atoms with Gasteiger partial charge in [-0.2, -0.15) is 0 Å². The first kappa shape index (κ1) is 20.8.